The van der Waals surface area contributed by atoms with Gasteiger partial charge in [0.1, 0.15) is 27.9 Å². The van der Waals surface area contributed by atoms with Crippen LogP contribution in [0, 0.1) is 17.8 Å². The van der Waals surface area contributed by atoms with Gasteiger partial charge in [0, 0.05) is 26.2 Å². The van der Waals surface area contributed by atoms with E-state index in [1.165, 1.54) is 12.8 Å². The van der Waals surface area contributed by atoms with Crippen LogP contribution in [0.25, 0.3) is 11.4 Å². The van der Waals surface area contributed by atoms with Gasteiger partial charge >= 0.3 is 0 Å². The molecule has 2 fully saturated rings. The lowest BCUT2D eigenvalue weighted by Crippen LogP contribution is -2.51. The Balaban J connectivity index is 1.47. The Morgan fingerprint density at radius 3 is 2.56 bits per heavy atom. The SMILES string of the molecule is Cc1cc(-c2nn(C)c(Cl)c2C(=O)N2CCCC3(CCN(CCC(C)(C)C)CC3)C2)no1. The van der Waals surface area contributed by atoms with Crippen molar-refractivity contribution in [2.75, 3.05) is 32.7 Å². The number of halogens is 1. The molecule has 0 aliphatic carbocycles. The van der Waals surface area contributed by atoms with Crippen molar-refractivity contribution in [1.29, 1.82) is 0 Å². The van der Waals surface area contributed by atoms with Gasteiger partial charge in [0.05, 0.1) is 0 Å². The minimum absolute atomic E-state index is 0.0482. The third-order valence-corrected chi connectivity index (χ3v) is 7.54. The number of nitrogens with zero attached hydrogens (tertiary/aromatic N) is 5. The van der Waals surface area contributed by atoms with Crippen molar-refractivity contribution in [3.63, 3.8) is 0 Å². The summed E-state index contributed by atoms with van der Waals surface area (Å²) in [6, 6.07) is 1.79. The van der Waals surface area contributed by atoms with Crippen molar-refractivity contribution < 1.29 is 9.32 Å². The minimum Gasteiger partial charge on any atom is -0.361 e. The van der Waals surface area contributed by atoms with E-state index in [-0.39, 0.29) is 11.3 Å². The summed E-state index contributed by atoms with van der Waals surface area (Å²) in [6.07, 6.45) is 5.74. The summed E-state index contributed by atoms with van der Waals surface area (Å²) in [6.45, 7) is 13.7. The minimum atomic E-state index is -0.0482. The highest BCUT2D eigenvalue weighted by molar-refractivity contribution is 6.33. The highest BCUT2D eigenvalue weighted by Crippen LogP contribution is 2.41. The molecule has 2 aromatic rings. The Morgan fingerprint density at radius 1 is 1.22 bits per heavy atom. The highest BCUT2D eigenvalue weighted by Gasteiger charge is 2.41. The molecule has 0 radical (unpaired) electrons. The first kappa shape index (κ1) is 23.3. The molecule has 1 amide bonds. The normalized spacial score (nSPS) is 19.6. The van der Waals surface area contributed by atoms with Gasteiger partial charge in [-0.3, -0.25) is 9.48 Å². The number of carbonyl (C=O) groups is 1. The summed E-state index contributed by atoms with van der Waals surface area (Å²) < 4.78 is 6.76. The summed E-state index contributed by atoms with van der Waals surface area (Å²) in [5, 5.41) is 8.89. The molecule has 2 saturated heterocycles. The topological polar surface area (TPSA) is 67.4 Å². The first-order valence-corrected chi connectivity index (χ1v) is 12.1. The zero-order valence-electron chi connectivity index (χ0n) is 20.1. The molecule has 4 heterocycles. The third kappa shape index (κ3) is 4.88. The van der Waals surface area contributed by atoms with Crippen molar-refractivity contribution in [2.24, 2.45) is 17.9 Å². The van der Waals surface area contributed by atoms with Gasteiger partial charge in [-0.2, -0.15) is 5.10 Å². The predicted octanol–water partition coefficient (Wildman–Crippen LogP) is 4.79. The maximum absolute atomic E-state index is 13.7. The smallest absolute Gasteiger partial charge is 0.259 e. The van der Waals surface area contributed by atoms with Gasteiger partial charge in [-0.05, 0) is 69.5 Å². The first-order chi connectivity index (χ1) is 15.1. The number of carbonyl (C=O) groups excluding carboxylic acids is 1. The van der Waals surface area contributed by atoms with Crippen LogP contribution in [0.15, 0.2) is 10.6 Å². The molecule has 0 saturated carbocycles. The molecule has 8 heteroatoms. The molecule has 2 aliphatic heterocycles. The quantitative estimate of drug-likeness (QED) is 0.654. The van der Waals surface area contributed by atoms with Crippen LogP contribution in [-0.4, -0.2) is 63.4 Å². The van der Waals surface area contributed by atoms with Crippen molar-refractivity contribution in [3.8, 4) is 11.4 Å². The summed E-state index contributed by atoms with van der Waals surface area (Å²) in [5.74, 6) is 0.628. The van der Waals surface area contributed by atoms with Crippen LogP contribution in [0.1, 0.15) is 69.0 Å². The molecule has 0 bridgehead atoms. The first-order valence-electron chi connectivity index (χ1n) is 11.7. The van der Waals surface area contributed by atoms with E-state index < -0.39 is 0 Å². The van der Waals surface area contributed by atoms with Crippen LogP contribution in [0.5, 0.6) is 0 Å². The molecule has 1 spiro atoms. The molecule has 2 aliphatic rings. The molecule has 32 heavy (non-hydrogen) atoms. The molecule has 0 atom stereocenters. The zero-order valence-corrected chi connectivity index (χ0v) is 20.8. The van der Waals surface area contributed by atoms with Gasteiger partial charge in [-0.15, -0.1) is 0 Å². The Hall–Kier alpha value is -1.86. The Labute approximate surface area is 196 Å². The van der Waals surface area contributed by atoms with Crippen LogP contribution >= 0.6 is 11.6 Å². The van der Waals surface area contributed by atoms with E-state index in [4.69, 9.17) is 16.1 Å². The maximum atomic E-state index is 13.7. The van der Waals surface area contributed by atoms with Crippen LogP contribution < -0.4 is 0 Å². The Bertz CT molecular complexity index is 966. The second-order valence-electron chi connectivity index (χ2n) is 10.9. The fraction of sp³-hybridized carbons (Fsp3) is 0.708. The second kappa shape index (κ2) is 8.82. The Kier molecular flexibility index (Phi) is 6.43. The van der Waals surface area contributed by atoms with Gasteiger partial charge in [0.15, 0.2) is 0 Å². The summed E-state index contributed by atoms with van der Waals surface area (Å²) >= 11 is 6.54. The van der Waals surface area contributed by atoms with Crippen LogP contribution in [0.3, 0.4) is 0 Å². The van der Waals surface area contributed by atoms with E-state index in [2.05, 4.69) is 35.9 Å². The maximum Gasteiger partial charge on any atom is 0.259 e. The van der Waals surface area contributed by atoms with Gasteiger partial charge < -0.3 is 14.3 Å². The number of amides is 1. The highest BCUT2D eigenvalue weighted by atomic mass is 35.5. The standard InChI is InChI=1S/C24H36ClN5O2/c1-17-15-18(27-32-17)20-19(21(25)28(5)26-20)22(31)30-11-6-7-24(16-30)9-13-29(14-10-24)12-8-23(2,3)4/h15H,6-14,16H2,1-5H3. The van der Waals surface area contributed by atoms with Crippen molar-refractivity contribution >= 4 is 17.5 Å². The monoisotopic (exact) mass is 461 g/mol. The number of piperidine rings is 2. The summed E-state index contributed by atoms with van der Waals surface area (Å²) in [7, 11) is 1.75. The molecule has 0 unspecified atom stereocenters. The predicted molar refractivity (Wildman–Crippen MR) is 126 cm³/mol. The third-order valence-electron chi connectivity index (χ3n) is 7.11. The lowest BCUT2D eigenvalue weighted by Gasteiger charge is -2.48. The van der Waals surface area contributed by atoms with E-state index in [1.54, 1.807) is 17.8 Å². The Morgan fingerprint density at radius 2 is 1.94 bits per heavy atom. The fourth-order valence-corrected chi connectivity index (χ4v) is 5.25. The van der Waals surface area contributed by atoms with Crippen molar-refractivity contribution in [2.45, 2.75) is 59.8 Å². The largest absolute Gasteiger partial charge is 0.361 e. The van der Waals surface area contributed by atoms with Crippen LogP contribution in [0.2, 0.25) is 5.15 Å². The zero-order chi connectivity index (χ0) is 23.1. The van der Waals surface area contributed by atoms with E-state index in [0.29, 0.717) is 33.3 Å². The molecule has 4 rings (SSSR count). The number of aryl methyl sites for hydroxylation is 2. The van der Waals surface area contributed by atoms with Gasteiger partial charge in [-0.25, -0.2) is 0 Å². The molecule has 7 nitrogen and oxygen atoms in total. The van der Waals surface area contributed by atoms with Gasteiger partial charge in [0.2, 0.25) is 0 Å². The molecule has 176 valence electrons. The molecular weight excluding hydrogens is 426 g/mol. The molecule has 0 N–H and O–H groups in total. The van der Waals surface area contributed by atoms with E-state index in [9.17, 15) is 4.79 Å². The van der Waals surface area contributed by atoms with Crippen LogP contribution in [-0.2, 0) is 7.05 Å². The number of likely N-dealkylation sites (tertiary alicyclic amines) is 2. The van der Waals surface area contributed by atoms with Gasteiger partial charge in [-0.1, -0.05) is 37.5 Å². The molecule has 2 aromatic heterocycles. The van der Waals surface area contributed by atoms with E-state index in [0.717, 1.165) is 52.0 Å². The summed E-state index contributed by atoms with van der Waals surface area (Å²) in [4.78, 5) is 18.2. The molecule has 0 aromatic carbocycles. The number of rotatable bonds is 4. The van der Waals surface area contributed by atoms with Crippen LogP contribution in [0.4, 0.5) is 0 Å². The van der Waals surface area contributed by atoms with E-state index in [1.807, 2.05) is 11.8 Å². The molecular formula is C24H36ClN5O2. The summed E-state index contributed by atoms with van der Waals surface area (Å²) in [5.41, 5.74) is 2.06. The van der Waals surface area contributed by atoms with Crippen molar-refractivity contribution in [1.82, 2.24) is 24.7 Å². The van der Waals surface area contributed by atoms with Crippen molar-refractivity contribution in [3.05, 3.63) is 22.5 Å². The second-order valence-corrected chi connectivity index (χ2v) is 11.3. The van der Waals surface area contributed by atoms with E-state index >= 15 is 0 Å². The lowest BCUT2D eigenvalue weighted by atomic mass is 9.72. The average molecular weight is 462 g/mol. The average Bonchev–Trinajstić information content (AvgIpc) is 3.30. The lowest BCUT2D eigenvalue weighted by molar-refractivity contribution is 0.0196. The van der Waals surface area contributed by atoms with Gasteiger partial charge in [0.25, 0.3) is 5.91 Å². The number of hydrogen-bond acceptors (Lipinski definition) is 5. The number of aromatic nitrogens is 3. The fourth-order valence-electron chi connectivity index (χ4n) is 5.04. The number of hydrogen-bond donors (Lipinski definition) is 0.